The molecule has 2 heterocycles. The summed E-state index contributed by atoms with van der Waals surface area (Å²) in [5.41, 5.74) is 3.30. The minimum atomic E-state index is -0.220. The van der Waals surface area contributed by atoms with Crippen LogP contribution in [0.3, 0.4) is 0 Å². The Morgan fingerprint density at radius 3 is 2.25 bits per heavy atom. The molecule has 0 spiro atoms. The molecular formula is C27H29N3O2. The Morgan fingerprint density at radius 2 is 1.66 bits per heavy atom. The van der Waals surface area contributed by atoms with Crippen molar-refractivity contribution in [2.45, 2.75) is 32.1 Å². The second kappa shape index (κ2) is 10.2. The van der Waals surface area contributed by atoms with E-state index in [4.69, 9.17) is 0 Å². The molecule has 0 bridgehead atoms. The molecule has 1 aliphatic rings. The number of carbonyl (C=O) groups excluding carboxylic acids is 2. The third-order valence-electron chi connectivity index (χ3n) is 6.09. The van der Waals surface area contributed by atoms with Crippen LogP contribution in [0.2, 0.25) is 0 Å². The van der Waals surface area contributed by atoms with Gasteiger partial charge < -0.3 is 10.2 Å². The summed E-state index contributed by atoms with van der Waals surface area (Å²) in [5.74, 6) is 0.353. The summed E-state index contributed by atoms with van der Waals surface area (Å²) in [6.07, 6.45) is 3.73. The van der Waals surface area contributed by atoms with Crippen molar-refractivity contribution in [3.05, 3.63) is 95.7 Å². The summed E-state index contributed by atoms with van der Waals surface area (Å²) in [4.78, 5) is 32.2. The van der Waals surface area contributed by atoms with Crippen LogP contribution in [0, 0.1) is 12.8 Å². The topological polar surface area (TPSA) is 62.3 Å². The highest BCUT2D eigenvalue weighted by Crippen LogP contribution is 2.29. The molecule has 32 heavy (non-hydrogen) atoms. The van der Waals surface area contributed by atoms with E-state index in [1.807, 2.05) is 60.4 Å². The lowest BCUT2D eigenvalue weighted by molar-refractivity contribution is -0.134. The van der Waals surface area contributed by atoms with Crippen LogP contribution in [0.1, 0.15) is 41.9 Å². The molecule has 164 valence electrons. The number of amides is 2. The first-order chi connectivity index (χ1) is 15.6. The van der Waals surface area contributed by atoms with E-state index in [-0.39, 0.29) is 23.7 Å². The summed E-state index contributed by atoms with van der Waals surface area (Å²) in [6.45, 7) is 3.11. The number of nitrogens with zero attached hydrogens (tertiary/aromatic N) is 2. The largest absolute Gasteiger partial charge is 0.342 e. The van der Waals surface area contributed by atoms with Crippen LogP contribution >= 0.6 is 0 Å². The van der Waals surface area contributed by atoms with Crippen molar-refractivity contribution >= 4 is 17.6 Å². The summed E-state index contributed by atoms with van der Waals surface area (Å²) in [5, 5.41) is 2.90. The first-order valence-electron chi connectivity index (χ1n) is 11.2. The van der Waals surface area contributed by atoms with Gasteiger partial charge in [0.1, 0.15) is 5.82 Å². The average molecular weight is 428 g/mol. The Morgan fingerprint density at radius 1 is 1.00 bits per heavy atom. The zero-order chi connectivity index (χ0) is 22.3. The molecule has 1 aromatic heterocycles. The number of pyridine rings is 1. The fourth-order valence-electron chi connectivity index (χ4n) is 4.29. The lowest BCUT2D eigenvalue weighted by Gasteiger charge is -2.33. The van der Waals surface area contributed by atoms with E-state index in [1.54, 1.807) is 6.20 Å². The van der Waals surface area contributed by atoms with E-state index in [9.17, 15) is 9.59 Å². The number of hydrogen-bond donors (Lipinski definition) is 1. The number of benzene rings is 2. The number of piperidine rings is 1. The van der Waals surface area contributed by atoms with Crippen LogP contribution in [0.15, 0.2) is 79.0 Å². The molecule has 0 aliphatic carbocycles. The summed E-state index contributed by atoms with van der Waals surface area (Å²) in [6, 6.07) is 24.1. The maximum atomic E-state index is 13.3. The molecule has 1 saturated heterocycles. The highest BCUT2D eigenvalue weighted by Gasteiger charge is 2.30. The molecule has 1 fully saturated rings. The second-order valence-electron chi connectivity index (χ2n) is 8.47. The molecule has 3 aromatic rings. The number of nitrogens with one attached hydrogen (secondary N) is 1. The van der Waals surface area contributed by atoms with Crippen molar-refractivity contribution in [1.82, 2.24) is 9.88 Å². The van der Waals surface area contributed by atoms with Gasteiger partial charge in [0.25, 0.3) is 0 Å². The van der Waals surface area contributed by atoms with E-state index in [0.717, 1.165) is 29.5 Å². The summed E-state index contributed by atoms with van der Waals surface area (Å²) < 4.78 is 0. The predicted molar refractivity (Wildman–Crippen MR) is 126 cm³/mol. The fourth-order valence-corrected chi connectivity index (χ4v) is 4.29. The molecule has 2 amide bonds. The van der Waals surface area contributed by atoms with Crippen molar-refractivity contribution in [2.75, 3.05) is 18.4 Å². The molecule has 0 radical (unpaired) electrons. The maximum Gasteiger partial charge on any atom is 0.230 e. The SMILES string of the molecule is Cc1ccc(NC(=O)C2CCCN(C(=O)CC(c3ccccc3)c3ccccc3)C2)nc1. The molecule has 1 N–H and O–H groups in total. The van der Waals surface area contributed by atoms with Crippen LogP contribution in [-0.2, 0) is 9.59 Å². The third-order valence-corrected chi connectivity index (χ3v) is 6.09. The van der Waals surface area contributed by atoms with E-state index in [1.165, 1.54) is 0 Å². The van der Waals surface area contributed by atoms with Crippen LogP contribution in [0.25, 0.3) is 0 Å². The second-order valence-corrected chi connectivity index (χ2v) is 8.47. The van der Waals surface area contributed by atoms with Crippen LogP contribution in [-0.4, -0.2) is 34.8 Å². The fraction of sp³-hybridized carbons (Fsp3) is 0.296. The zero-order valence-corrected chi connectivity index (χ0v) is 18.4. The number of carbonyl (C=O) groups is 2. The van der Waals surface area contributed by atoms with Crippen molar-refractivity contribution in [3.8, 4) is 0 Å². The molecule has 5 heteroatoms. The van der Waals surface area contributed by atoms with Gasteiger partial charge in [-0.2, -0.15) is 0 Å². The van der Waals surface area contributed by atoms with Gasteiger partial charge >= 0.3 is 0 Å². The molecular weight excluding hydrogens is 398 g/mol. The maximum absolute atomic E-state index is 13.3. The van der Waals surface area contributed by atoms with Gasteiger partial charge in [-0.1, -0.05) is 66.7 Å². The van der Waals surface area contributed by atoms with E-state index in [2.05, 4.69) is 34.6 Å². The average Bonchev–Trinajstić information content (AvgIpc) is 2.85. The number of hydrogen-bond acceptors (Lipinski definition) is 3. The number of aromatic nitrogens is 1. The standard InChI is InChI=1S/C27H29N3O2/c1-20-14-15-25(28-18-20)29-27(32)23-13-8-16-30(19-23)26(31)17-24(21-9-4-2-5-10-21)22-11-6-3-7-12-22/h2-7,9-12,14-15,18,23-24H,8,13,16-17,19H2,1H3,(H,28,29,32). The van der Waals surface area contributed by atoms with Crippen molar-refractivity contribution in [3.63, 3.8) is 0 Å². The number of anilines is 1. The molecule has 2 aromatic carbocycles. The Labute approximate surface area is 189 Å². The van der Waals surface area contributed by atoms with E-state index >= 15 is 0 Å². The predicted octanol–water partition coefficient (Wildman–Crippen LogP) is 4.79. The Balaban J connectivity index is 1.43. The van der Waals surface area contributed by atoms with Gasteiger partial charge in [-0.3, -0.25) is 9.59 Å². The molecule has 1 unspecified atom stereocenters. The molecule has 0 saturated carbocycles. The van der Waals surface area contributed by atoms with Gasteiger partial charge in [0, 0.05) is 31.6 Å². The highest BCUT2D eigenvalue weighted by atomic mass is 16.2. The Kier molecular flexibility index (Phi) is 6.95. The van der Waals surface area contributed by atoms with Crippen molar-refractivity contribution in [1.29, 1.82) is 0 Å². The van der Waals surface area contributed by atoms with Gasteiger partial charge in [0.15, 0.2) is 0 Å². The van der Waals surface area contributed by atoms with E-state index < -0.39 is 0 Å². The van der Waals surface area contributed by atoms with Gasteiger partial charge in [-0.25, -0.2) is 4.98 Å². The lowest BCUT2D eigenvalue weighted by Crippen LogP contribution is -2.44. The monoisotopic (exact) mass is 427 g/mol. The van der Waals surface area contributed by atoms with Crippen LogP contribution in [0.4, 0.5) is 5.82 Å². The first kappa shape index (κ1) is 21.8. The van der Waals surface area contributed by atoms with Gasteiger partial charge in [0.2, 0.25) is 11.8 Å². The normalized spacial score (nSPS) is 16.1. The summed E-state index contributed by atoms with van der Waals surface area (Å²) >= 11 is 0. The smallest absolute Gasteiger partial charge is 0.230 e. The van der Waals surface area contributed by atoms with Crippen molar-refractivity contribution < 1.29 is 9.59 Å². The molecule has 4 rings (SSSR count). The highest BCUT2D eigenvalue weighted by molar-refractivity contribution is 5.92. The Bertz CT molecular complexity index is 996. The molecule has 1 aliphatic heterocycles. The minimum Gasteiger partial charge on any atom is -0.342 e. The number of likely N-dealkylation sites (tertiary alicyclic amines) is 1. The third kappa shape index (κ3) is 5.41. The lowest BCUT2D eigenvalue weighted by atomic mass is 9.87. The Hall–Kier alpha value is -3.47. The zero-order valence-electron chi connectivity index (χ0n) is 18.4. The molecule has 5 nitrogen and oxygen atoms in total. The van der Waals surface area contributed by atoms with Crippen molar-refractivity contribution in [2.24, 2.45) is 5.92 Å². The minimum absolute atomic E-state index is 0.00383. The van der Waals surface area contributed by atoms with Gasteiger partial charge in [0.05, 0.1) is 5.92 Å². The van der Waals surface area contributed by atoms with Crippen LogP contribution < -0.4 is 5.32 Å². The van der Waals surface area contributed by atoms with Crippen LogP contribution in [0.5, 0.6) is 0 Å². The molecule has 1 atom stereocenters. The number of rotatable bonds is 6. The van der Waals surface area contributed by atoms with Gasteiger partial charge in [-0.05, 0) is 42.5 Å². The van der Waals surface area contributed by atoms with E-state index in [0.29, 0.717) is 25.3 Å². The van der Waals surface area contributed by atoms with Gasteiger partial charge in [-0.15, -0.1) is 0 Å². The summed E-state index contributed by atoms with van der Waals surface area (Å²) in [7, 11) is 0. The first-order valence-corrected chi connectivity index (χ1v) is 11.2. The quantitative estimate of drug-likeness (QED) is 0.615. The number of aryl methyl sites for hydroxylation is 1.